The first kappa shape index (κ1) is 24.5. The van der Waals surface area contributed by atoms with E-state index in [4.69, 9.17) is 14.6 Å². The van der Waals surface area contributed by atoms with E-state index in [9.17, 15) is 4.79 Å². The van der Waals surface area contributed by atoms with E-state index >= 15 is 0 Å². The molecule has 31 heavy (non-hydrogen) atoms. The number of amides is 1. The fourth-order valence-electron chi connectivity index (χ4n) is 4.79. The van der Waals surface area contributed by atoms with E-state index in [1.807, 2.05) is 13.0 Å². The highest BCUT2D eigenvalue weighted by molar-refractivity contribution is 9.10. The average molecular weight is 497 g/mol. The fourth-order valence-corrected chi connectivity index (χ4v) is 5.20. The monoisotopic (exact) mass is 496 g/mol. The SMILES string of the molecule is COC(C)Oc1ccc(Br)c(CC2CCN(CCCC3CCN(C(=O)CO)CC3)C2)c1. The van der Waals surface area contributed by atoms with Gasteiger partial charge in [-0.1, -0.05) is 15.9 Å². The molecule has 2 heterocycles. The summed E-state index contributed by atoms with van der Waals surface area (Å²) in [6.45, 7) is 6.66. The van der Waals surface area contributed by atoms with Crippen molar-refractivity contribution in [1.82, 2.24) is 9.80 Å². The summed E-state index contributed by atoms with van der Waals surface area (Å²) < 4.78 is 12.1. The van der Waals surface area contributed by atoms with Gasteiger partial charge in [0.25, 0.3) is 0 Å². The maximum atomic E-state index is 11.6. The van der Waals surface area contributed by atoms with Crippen molar-refractivity contribution in [3.8, 4) is 5.75 Å². The highest BCUT2D eigenvalue weighted by Gasteiger charge is 2.25. The van der Waals surface area contributed by atoms with Crippen molar-refractivity contribution in [2.75, 3.05) is 46.4 Å². The van der Waals surface area contributed by atoms with Crippen molar-refractivity contribution >= 4 is 21.8 Å². The zero-order valence-electron chi connectivity index (χ0n) is 18.9. The third kappa shape index (κ3) is 7.45. The molecule has 0 radical (unpaired) electrons. The molecule has 3 rings (SSSR count). The Labute approximate surface area is 195 Å². The number of hydrogen-bond donors (Lipinski definition) is 1. The molecule has 1 N–H and O–H groups in total. The zero-order chi connectivity index (χ0) is 22.2. The number of ether oxygens (including phenoxy) is 2. The van der Waals surface area contributed by atoms with Gasteiger partial charge in [-0.25, -0.2) is 0 Å². The van der Waals surface area contributed by atoms with Gasteiger partial charge in [0.05, 0.1) is 0 Å². The van der Waals surface area contributed by atoms with Gasteiger partial charge in [0.1, 0.15) is 12.4 Å². The van der Waals surface area contributed by atoms with Gasteiger partial charge in [0.15, 0.2) is 6.29 Å². The summed E-state index contributed by atoms with van der Waals surface area (Å²) in [7, 11) is 1.65. The molecule has 6 nitrogen and oxygen atoms in total. The first-order valence-electron chi connectivity index (χ1n) is 11.6. The van der Waals surface area contributed by atoms with Crippen LogP contribution in [0.15, 0.2) is 22.7 Å². The highest BCUT2D eigenvalue weighted by atomic mass is 79.9. The van der Waals surface area contributed by atoms with Crippen molar-refractivity contribution < 1.29 is 19.4 Å². The number of benzene rings is 1. The summed E-state index contributed by atoms with van der Waals surface area (Å²) in [4.78, 5) is 16.0. The molecule has 0 spiro atoms. The highest BCUT2D eigenvalue weighted by Crippen LogP contribution is 2.29. The summed E-state index contributed by atoms with van der Waals surface area (Å²) >= 11 is 3.70. The molecule has 2 aliphatic rings. The summed E-state index contributed by atoms with van der Waals surface area (Å²) in [6.07, 6.45) is 6.67. The van der Waals surface area contributed by atoms with Crippen LogP contribution < -0.4 is 4.74 Å². The van der Waals surface area contributed by atoms with Gasteiger partial charge in [0.2, 0.25) is 5.91 Å². The van der Waals surface area contributed by atoms with Crippen LogP contribution in [0.3, 0.4) is 0 Å². The Hall–Kier alpha value is -1.15. The lowest BCUT2D eigenvalue weighted by molar-refractivity contribution is -0.135. The van der Waals surface area contributed by atoms with E-state index in [1.165, 1.54) is 37.9 Å². The molecular formula is C24H37BrN2O4. The Morgan fingerprint density at radius 2 is 1.97 bits per heavy atom. The van der Waals surface area contributed by atoms with E-state index in [2.05, 4.69) is 33.0 Å². The van der Waals surface area contributed by atoms with Gasteiger partial charge in [-0.05, 0) is 94.1 Å². The largest absolute Gasteiger partial charge is 0.465 e. The number of rotatable bonds is 10. The molecule has 2 unspecified atom stereocenters. The van der Waals surface area contributed by atoms with Gasteiger partial charge in [-0.15, -0.1) is 0 Å². The van der Waals surface area contributed by atoms with E-state index in [0.29, 0.717) is 11.8 Å². The van der Waals surface area contributed by atoms with Crippen LogP contribution >= 0.6 is 15.9 Å². The van der Waals surface area contributed by atoms with Crippen LogP contribution in [0, 0.1) is 11.8 Å². The van der Waals surface area contributed by atoms with E-state index in [1.54, 1.807) is 12.0 Å². The lowest BCUT2D eigenvalue weighted by atomic mass is 9.92. The molecular weight excluding hydrogens is 460 g/mol. The Balaban J connectivity index is 1.37. The van der Waals surface area contributed by atoms with Crippen molar-refractivity contribution in [2.45, 2.75) is 51.7 Å². The minimum absolute atomic E-state index is 0.126. The molecule has 1 aromatic rings. The van der Waals surface area contributed by atoms with Crippen LogP contribution in [-0.4, -0.2) is 73.5 Å². The van der Waals surface area contributed by atoms with Crippen LogP contribution in [0.1, 0.15) is 44.6 Å². The smallest absolute Gasteiger partial charge is 0.248 e. The molecule has 2 aliphatic heterocycles. The topological polar surface area (TPSA) is 62.2 Å². The average Bonchev–Trinajstić information content (AvgIpc) is 3.23. The number of carbonyl (C=O) groups is 1. The maximum Gasteiger partial charge on any atom is 0.248 e. The maximum absolute atomic E-state index is 11.6. The lowest BCUT2D eigenvalue weighted by Gasteiger charge is -2.32. The molecule has 1 aromatic carbocycles. The molecule has 0 aromatic heterocycles. The molecule has 0 bridgehead atoms. The van der Waals surface area contributed by atoms with E-state index in [-0.39, 0.29) is 18.8 Å². The number of likely N-dealkylation sites (tertiary alicyclic amines) is 2. The Morgan fingerprint density at radius 3 is 2.68 bits per heavy atom. The summed E-state index contributed by atoms with van der Waals surface area (Å²) in [5.74, 6) is 2.13. The van der Waals surface area contributed by atoms with Crippen molar-refractivity contribution in [2.24, 2.45) is 11.8 Å². The van der Waals surface area contributed by atoms with Crippen molar-refractivity contribution in [3.05, 3.63) is 28.2 Å². The molecule has 2 fully saturated rings. The Morgan fingerprint density at radius 1 is 1.23 bits per heavy atom. The van der Waals surface area contributed by atoms with Crippen LogP contribution in [0.4, 0.5) is 0 Å². The molecule has 2 atom stereocenters. The number of hydrogen-bond acceptors (Lipinski definition) is 5. The number of aliphatic hydroxyl groups is 1. The predicted octanol–water partition coefficient (Wildman–Crippen LogP) is 3.70. The van der Waals surface area contributed by atoms with E-state index in [0.717, 1.165) is 49.1 Å². The van der Waals surface area contributed by atoms with Gasteiger partial charge in [-0.3, -0.25) is 4.79 Å². The van der Waals surface area contributed by atoms with Crippen LogP contribution in [0.5, 0.6) is 5.75 Å². The Bertz CT molecular complexity index is 709. The first-order valence-corrected chi connectivity index (χ1v) is 12.4. The van der Waals surface area contributed by atoms with E-state index < -0.39 is 0 Å². The second kappa shape index (κ2) is 12.2. The minimum atomic E-state index is -0.360. The summed E-state index contributed by atoms with van der Waals surface area (Å²) in [5.41, 5.74) is 1.30. The zero-order valence-corrected chi connectivity index (χ0v) is 20.5. The molecule has 0 aliphatic carbocycles. The van der Waals surface area contributed by atoms with Crippen LogP contribution in [0.2, 0.25) is 0 Å². The summed E-state index contributed by atoms with van der Waals surface area (Å²) in [5, 5.41) is 8.99. The Kier molecular flexibility index (Phi) is 9.63. The van der Waals surface area contributed by atoms with Gasteiger partial charge < -0.3 is 24.4 Å². The second-order valence-corrected chi connectivity index (χ2v) is 9.81. The molecule has 174 valence electrons. The molecule has 2 saturated heterocycles. The predicted molar refractivity (Wildman–Crippen MR) is 125 cm³/mol. The number of halogens is 1. The van der Waals surface area contributed by atoms with Gasteiger partial charge in [-0.2, -0.15) is 0 Å². The standard InChI is InChI=1S/C24H37BrN2O4/c1-18(30-2)31-22-5-6-23(25)21(15-22)14-20-7-11-26(16-20)10-3-4-19-8-12-27(13-9-19)24(29)17-28/h5-6,15,18-20,28H,3-4,7-14,16-17H2,1-2H3. The number of methoxy groups -OCH3 is 1. The lowest BCUT2D eigenvalue weighted by Crippen LogP contribution is -2.40. The summed E-state index contributed by atoms with van der Waals surface area (Å²) in [6, 6.07) is 6.18. The number of aliphatic hydroxyl groups excluding tert-OH is 1. The minimum Gasteiger partial charge on any atom is -0.465 e. The molecule has 0 saturated carbocycles. The van der Waals surface area contributed by atoms with Gasteiger partial charge in [0, 0.05) is 31.2 Å². The van der Waals surface area contributed by atoms with Gasteiger partial charge >= 0.3 is 0 Å². The third-order valence-electron chi connectivity index (χ3n) is 6.72. The normalized spacial score (nSPS) is 21.4. The number of nitrogens with zero attached hydrogens (tertiary/aromatic N) is 2. The molecule has 7 heteroatoms. The number of piperidine rings is 1. The first-order chi connectivity index (χ1) is 15.0. The number of carbonyl (C=O) groups excluding carboxylic acids is 1. The molecule has 1 amide bonds. The second-order valence-electron chi connectivity index (χ2n) is 8.96. The van der Waals surface area contributed by atoms with Crippen molar-refractivity contribution in [1.29, 1.82) is 0 Å². The van der Waals surface area contributed by atoms with Crippen LogP contribution in [0.25, 0.3) is 0 Å². The van der Waals surface area contributed by atoms with Crippen molar-refractivity contribution in [3.63, 3.8) is 0 Å². The quantitative estimate of drug-likeness (QED) is 0.500. The third-order valence-corrected chi connectivity index (χ3v) is 7.49. The van der Waals surface area contributed by atoms with Crippen LogP contribution in [-0.2, 0) is 16.0 Å². The fraction of sp³-hybridized carbons (Fsp3) is 0.708.